The molecule has 3 heterocycles. The largest absolute Gasteiger partial charge is 0.465 e. The number of aromatic nitrogens is 4. The third kappa shape index (κ3) is 2.26. The molecule has 0 saturated heterocycles. The highest BCUT2D eigenvalue weighted by Crippen LogP contribution is 2.24. The molecule has 0 aliphatic carbocycles. The Bertz CT molecular complexity index is 838. The van der Waals surface area contributed by atoms with Crippen LogP contribution in [0.5, 0.6) is 0 Å². The Balaban J connectivity index is 2.18. The predicted octanol–water partition coefficient (Wildman–Crippen LogP) is 1.47. The van der Waals surface area contributed by atoms with Crippen LogP contribution in [0.2, 0.25) is 0 Å². The highest BCUT2D eigenvalue weighted by Gasteiger charge is 2.23. The number of ether oxygens (including phenoxy) is 1. The Labute approximate surface area is 125 Å². The van der Waals surface area contributed by atoms with Crippen LogP contribution in [-0.4, -0.2) is 32.8 Å². The van der Waals surface area contributed by atoms with Gasteiger partial charge in [0.25, 0.3) is 5.56 Å². The molecule has 0 aromatic carbocycles. The van der Waals surface area contributed by atoms with Crippen molar-refractivity contribution in [1.29, 1.82) is 0 Å². The number of rotatable bonds is 3. The minimum absolute atomic E-state index is 0.150. The van der Waals surface area contributed by atoms with Gasteiger partial charge in [-0.3, -0.25) is 9.78 Å². The van der Waals surface area contributed by atoms with E-state index >= 15 is 0 Å². The average Bonchev–Trinajstić information content (AvgIpc) is 2.94. The van der Waals surface area contributed by atoms with E-state index in [0.717, 1.165) is 5.69 Å². The van der Waals surface area contributed by atoms with Crippen molar-refractivity contribution in [2.75, 3.05) is 7.11 Å². The maximum absolute atomic E-state index is 11.9. The van der Waals surface area contributed by atoms with Gasteiger partial charge in [0, 0.05) is 18.6 Å². The molecular weight excluding hydrogens is 284 g/mol. The van der Waals surface area contributed by atoms with Crippen molar-refractivity contribution in [3.8, 4) is 11.3 Å². The van der Waals surface area contributed by atoms with E-state index in [1.807, 2.05) is 25.1 Å². The van der Waals surface area contributed by atoms with Crippen molar-refractivity contribution in [3.05, 3.63) is 58.4 Å². The summed E-state index contributed by atoms with van der Waals surface area (Å²) in [6.07, 6.45) is 4.98. The molecule has 1 unspecified atom stereocenters. The van der Waals surface area contributed by atoms with Crippen molar-refractivity contribution >= 4 is 5.97 Å². The number of H-pyrrole nitrogens is 1. The quantitative estimate of drug-likeness (QED) is 0.739. The Hall–Kier alpha value is -2.96. The van der Waals surface area contributed by atoms with Crippen LogP contribution in [0.4, 0.5) is 0 Å². The van der Waals surface area contributed by atoms with Gasteiger partial charge in [-0.05, 0) is 19.1 Å². The van der Waals surface area contributed by atoms with E-state index in [1.165, 1.54) is 7.11 Å². The first kappa shape index (κ1) is 14.0. The second kappa shape index (κ2) is 5.44. The first-order valence-corrected chi connectivity index (χ1v) is 6.71. The molecule has 2 aliphatic heterocycles. The van der Waals surface area contributed by atoms with Crippen LogP contribution in [0, 0.1) is 0 Å². The van der Waals surface area contributed by atoms with E-state index in [1.54, 1.807) is 23.2 Å². The minimum Gasteiger partial charge on any atom is -0.465 e. The fraction of sp³-hybridized carbons (Fsp3) is 0.200. The second-order valence-electron chi connectivity index (χ2n) is 4.86. The number of nitrogens with zero attached hydrogens (tertiary/aromatic N) is 3. The van der Waals surface area contributed by atoms with Gasteiger partial charge in [-0.15, -0.1) is 0 Å². The number of pyridine rings is 2. The number of aromatic amines is 1. The predicted molar refractivity (Wildman–Crippen MR) is 78.9 cm³/mol. The number of hydrogen-bond donors (Lipinski definition) is 1. The third-order valence-electron chi connectivity index (χ3n) is 3.55. The lowest BCUT2D eigenvalue weighted by atomic mass is 10.1. The molecule has 7 nitrogen and oxygen atoms in total. The maximum atomic E-state index is 11.9. The zero-order chi connectivity index (χ0) is 15.7. The number of nitrogens with one attached hydrogen (secondary N) is 1. The van der Waals surface area contributed by atoms with Crippen molar-refractivity contribution in [1.82, 2.24) is 19.7 Å². The number of carbonyl (C=O) groups excluding carboxylic acids is 1. The van der Waals surface area contributed by atoms with Gasteiger partial charge in [-0.2, -0.15) is 5.10 Å². The van der Waals surface area contributed by atoms with Crippen molar-refractivity contribution in [2.45, 2.75) is 13.0 Å². The van der Waals surface area contributed by atoms with E-state index in [0.29, 0.717) is 11.3 Å². The van der Waals surface area contributed by atoms with E-state index in [4.69, 9.17) is 4.74 Å². The molecule has 1 atom stereocenters. The van der Waals surface area contributed by atoms with Crippen LogP contribution in [-0.2, 0) is 4.74 Å². The van der Waals surface area contributed by atoms with Gasteiger partial charge in [-0.1, -0.05) is 6.07 Å². The molecule has 0 saturated carbocycles. The smallest absolute Gasteiger partial charge is 0.341 e. The molecule has 0 bridgehead atoms. The summed E-state index contributed by atoms with van der Waals surface area (Å²) in [5, 5.41) is 6.25. The highest BCUT2D eigenvalue weighted by atomic mass is 16.5. The van der Waals surface area contributed by atoms with Crippen molar-refractivity contribution in [3.63, 3.8) is 0 Å². The van der Waals surface area contributed by atoms with Gasteiger partial charge in [0.2, 0.25) is 0 Å². The summed E-state index contributed by atoms with van der Waals surface area (Å²) in [4.78, 5) is 28.1. The van der Waals surface area contributed by atoms with Gasteiger partial charge in [-0.25, -0.2) is 9.89 Å². The van der Waals surface area contributed by atoms with Crippen LogP contribution in [0.3, 0.4) is 0 Å². The topological polar surface area (TPSA) is 89.9 Å². The molecule has 0 fully saturated rings. The molecule has 2 aliphatic rings. The minimum atomic E-state index is -0.543. The molecule has 0 spiro atoms. The lowest BCUT2D eigenvalue weighted by Gasteiger charge is -2.18. The number of carbonyl (C=O) groups is 1. The molecule has 0 amide bonds. The summed E-state index contributed by atoms with van der Waals surface area (Å²) in [5.41, 5.74) is 1.36. The van der Waals surface area contributed by atoms with Crippen molar-refractivity contribution < 1.29 is 9.53 Å². The number of hydrogen-bond acceptors (Lipinski definition) is 5. The molecule has 112 valence electrons. The zero-order valence-corrected chi connectivity index (χ0v) is 12.1. The summed E-state index contributed by atoms with van der Waals surface area (Å²) in [7, 11) is 1.29. The van der Waals surface area contributed by atoms with Crippen molar-refractivity contribution in [2.24, 2.45) is 0 Å². The molecule has 1 aromatic heterocycles. The normalized spacial score (nSPS) is 12.3. The lowest BCUT2D eigenvalue weighted by Crippen LogP contribution is -2.15. The fourth-order valence-corrected chi connectivity index (χ4v) is 2.32. The van der Waals surface area contributed by atoms with E-state index < -0.39 is 5.97 Å². The first-order valence-electron chi connectivity index (χ1n) is 6.71. The standard InChI is InChI=1S/C15H14N4O3/c1-9(12-5-3-4-6-16-12)19-7-10-13(17-18-14(10)20)11(8-19)15(21)22-2/h3-9H,1-2H3,(H,18,20). The summed E-state index contributed by atoms with van der Waals surface area (Å²) < 4.78 is 6.53. The molecule has 3 rings (SSSR count). The van der Waals surface area contributed by atoms with Crippen LogP contribution in [0.25, 0.3) is 11.3 Å². The van der Waals surface area contributed by atoms with Gasteiger partial charge >= 0.3 is 5.97 Å². The lowest BCUT2D eigenvalue weighted by molar-refractivity contribution is 0.0600. The monoisotopic (exact) mass is 298 g/mol. The van der Waals surface area contributed by atoms with Gasteiger partial charge in [0.1, 0.15) is 11.3 Å². The average molecular weight is 298 g/mol. The van der Waals surface area contributed by atoms with E-state index in [9.17, 15) is 9.59 Å². The summed E-state index contributed by atoms with van der Waals surface area (Å²) in [5.74, 6) is -0.543. The molecule has 0 radical (unpaired) electrons. The molecule has 7 heteroatoms. The molecule has 1 aromatic rings. The fourth-order valence-electron chi connectivity index (χ4n) is 2.32. The summed E-state index contributed by atoms with van der Waals surface area (Å²) >= 11 is 0. The molecular formula is C15H14N4O3. The summed E-state index contributed by atoms with van der Waals surface area (Å²) in [6.45, 7) is 1.93. The van der Waals surface area contributed by atoms with Crippen LogP contribution < -0.4 is 5.56 Å². The Morgan fingerprint density at radius 2 is 2.18 bits per heavy atom. The third-order valence-corrected chi connectivity index (χ3v) is 3.55. The van der Waals surface area contributed by atoms with Gasteiger partial charge < -0.3 is 9.30 Å². The van der Waals surface area contributed by atoms with Crippen LogP contribution >= 0.6 is 0 Å². The molecule has 1 N–H and O–H groups in total. The zero-order valence-electron chi connectivity index (χ0n) is 12.1. The van der Waals surface area contributed by atoms with Gasteiger partial charge in [0.05, 0.1) is 24.4 Å². The first-order chi connectivity index (χ1) is 10.6. The van der Waals surface area contributed by atoms with Gasteiger partial charge in [0.15, 0.2) is 0 Å². The van der Waals surface area contributed by atoms with Crippen LogP contribution in [0.1, 0.15) is 29.0 Å². The van der Waals surface area contributed by atoms with Crippen LogP contribution in [0.15, 0.2) is 41.6 Å². The van der Waals surface area contributed by atoms with E-state index in [-0.39, 0.29) is 17.2 Å². The summed E-state index contributed by atoms with van der Waals surface area (Å²) in [6, 6.07) is 5.45. The maximum Gasteiger partial charge on any atom is 0.341 e. The second-order valence-corrected chi connectivity index (χ2v) is 4.86. The Morgan fingerprint density at radius 3 is 2.86 bits per heavy atom. The Morgan fingerprint density at radius 1 is 1.36 bits per heavy atom. The highest BCUT2D eigenvalue weighted by molar-refractivity contribution is 5.95. The number of methoxy groups -OCH3 is 1. The molecule has 22 heavy (non-hydrogen) atoms. The van der Waals surface area contributed by atoms with E-state index in [2.05, 4.69) is 15.2 Å². The SMILES string of the molecule is COC(=O)c1cn(C(C)c2ccccn2)cc2c(=O)[nH]nc1-2. The number of esters is 1. The number of fused-ring (bicyclic) bond motifs is 1. The Kier molecular flexibility index (Phi) is 3.46.